The molecule has 0 saturated carbocycles. The molecule has 0 bridgehead atoms. The van der Waals surface area contributed by atoms with Crippen LogP contribution in [0.2, 0.25) is 0 Å². The number of carbonyl (C=O) groups is 1. The molecule has 0 aliphatic carbocycles. The van der Waals surface area contributed by atoms with Gasteiger partial charge >= 0.3 is 0 Å². The lowest BCUT2D eigenvalue weighted by molar-refractivity contribution is -0.121. The average molecular weight is 329 g/mol. The molecule has 2 aromatic rings. The van der Waals surface area contributed by atoms with Gasteiger partial charge in [0.2, 0.25) is 5.91 Å². The molecule has 0 aliphatic rings. The van der Waals surface area contributed by atoms with Crippen molar-refractivity contribution in [3.8, 4) is 11.5 Å². The molecule has 5 nitrogen and oxygen atoms in total. The molecule has 5 heteroatoms. The number of nitrogens with one attached hydrogen (secondary N) is 1. The Bertz CT molecular complexity index is 672. The van der Waals surface area contributed by atoms with Crippen LogP contribution in [0.3, 0.4) is 0 Å². The van der Waals surface area contributed by atoms with Gasteiger partial charge in [-0.2, -0.15) is 0 Å². The van der Waals surface area contributed by atoms with E-state index in [1.807, 2.05) is 48.5 Å². The van der Waals surface area contributed by atoms with E-state index < -0.39 is 0 Å². The Labute approximate surface area is 142 Å². The molecule has 1 amide bonds. The third-order valence-corrected chi connectivity index (χ3v) is 3.73. The van der Waals surface area contributed by atoms with Crippen molar-refractivity contribution in [1.29, 1.82) is 0 Å². The number of amides is 1. The van der Waals surface area contributed by atoms with E-state index in [9.17, 15) is 4.79 Å². The summed E-state index contributed by atoms with van der Waals surface area (Å²) in [6.45, 7) is 0.395. The van der Waals surface area contributed by atoms with Crippen LogP contribution >= 0.6 is 0 Å². The van der Waals surface area contributed by atoms with E-state index in [2.05, 4.69) is 5.32 Å². The van der Waals surface area contributed by atoms with Gasteiger partial charge in [-0.1, -0.05) is 24.3 Å². The molecule has 1 unspecified atom stereocenters. The summed E-state index contributed by atoms with van der Waals surface area (Å²) in [6, 6.07) is 15.1. The molecule has 128 valence electrons. The fourth-order valence-corrected chi connectivity index (χ4v) is 2.42. The molecular weight excluding hydrogens is 306 g/mol. The van der Waals surface area contributed by atoms with E-state index >= 15 is 0 Å². The number of ether oxygens (including phenoxy) is 3. The van der Waals surface area contributed by atoms with E-state index in [0.717, 1.165) is 22.6 Å². The summed E-state index contributed by atoms with van der Waals surface area (Å²) in [7, 11) is 4.85. The fourth-order valence-electron chi connectivity index (χ4n) is 2.42. The SMILES string of the molecule is COc1cccc(CC(=O)NCC(OC)c2cccc(OC)c2)c1. The zero-order valence-electron chi connectivity index (χ0n) is 14.2. The molecule has 0 fully saturated rings. The summed E-state index contributed by atoms with van der Waals surface area (Å²) in [4.78, 5) is 12.2. The molecule has 0 radical (unpaired) electrons. The number of hydrogen-bond acceptors (Lipinski definition) is 4. The van der Waals surface area contributed by atoms with Gasteiger partial charge in [-0.3, -0.25) is 4.79 Å². The Hall–Kier alpha value is -2.53. The van der Waals surface area contributed by atoms with Crippen LogP contribution in [0.5, 0.6) is 11.5 Å². The maximum absolute atomic E-state index is 12.2. The molecule has 0 heterocycles. The molecule has 2 rings (SSSR count). The van der Waals surface area contributed by atoms with Gasteiger partial charge in [0, 0.05) is 13.7 Å². The molecule has 0 spiro atoms. The standard InChI is InChI=1S/C19H23NO4/c1-22-16-8-4-6-14(10-16)11-19(21)20-13-18(24-3)15-7-5-9-17(12-15)23-2/h4-10,12,18H,11,13H2,1-3H3,(H,20,21). The number of benzene rings is 2. The maximum Gasteiger partial charge on any atom is 0.224 e. The molecular formula is C19H23NO4. The summed E-state index contributed by atoms with van der Waals surface area (Å²) in [5, 5.41) is 2.91. The Morgan fingerprint density at radius 3 is 2.33 bits per heavy atom. The van der Waals surface area contributed by atoms with Gasteiger partial charge in [-0.15, -0.1) is 0 Å². The van der Waals surface area contributed by atoms with Crippen molar-refractivity contribution in [2.45, 2.75) is 12.5 Å². The monoisotopic (exact) mass is 329 g/mol. The van der Waals surface area contributed by atoms with Crippen LogP contribution in [0.25, 0.3) is 0 Å². The average Bonchev–Trinajstić information content (AvgIpc) is 2.62. The predicted molar refractivity (Wildman–Crippen MR) is 92.5 cm³/mol. The zero-order valence-corrected chi connectivity index (χ0v) is 14.2. The lowest BCUT2D eigenvalue weighted by atomic mass is 10.1. The molecule has 0 saturated heterocycles. The molecule has 0 aromatic heterocycles. The third kappa shape index (κ3) is 4.99. The van der Waals surface area contributed by atoms with Crippen LogP contribution in [0, 0.1) is 0 Å². The first-order valence-corrected chi connectivity index (χ1v) is 7.72. The summed E-state index contributed by atoms with van der Waals surface area (Å²) < 4.78 is 15.9. The van der Waals surface area contributed by atoms with E-state index in [1.54, 1.807) is 21.3 Å². The van der Waals surface area contributed by atoms with Crippen LogP contribution in [0.15, 0.2) is 48.5 Å². The first-order valence-electron chi connectivity index (χ1n) is 7.72. The molecule has 1 atom stereocenters. The minimum absolute atomic E-state index is 0.0619. The van der Waals surface area contributed by atoms with E-state index in [-0.39, 0.29) is 12.0 Å². The largest absolute Gasteiger partial charge is 0.497 e. The van der Waals surface area contributed by atoms with Gasteiger partial charge in [0.25, 0.3) is 0 Å². The Kier molecular flexibility index (Phi) is 6.63. The second kappa shape index (κ2) is 8.93. The van der Waals surface area contributed by atoms with Crippen LogP contribution in [-0.2, 0) is 16.0 Å². The van der Waals surface area contributed by atoms with Crippen molar-refractivity contribution in [1.82, 2.24) is 5.32 Å². The van der Waals surface area contributed by atoms with Gasteiger partial charge in [-0.25, -0.2) is 0 Å². The van der Waals surface area contributed by atoms with Gasteiger partial charge in [-0.05, 0) is 35.4 Å². The van der Waals surface area contributed by atoms with Gasteiger partial charge < -0.3 is 19.5 Å². The highest BCUT2D eigenvalue weighted by Crippen LogP contribution is 2.21. The second-order valence-electron chi connectivity index (χ2n) is 5.33. The fraction of sp³-hybridized carbons (Fsp3) is 0.316. The van der Waals surface area contributed by atoms with Gasteiger partial charge in [0.15, 0.2) is 0 Å². The first-order chi connectivity index (χ1) is 11.7. The number of carbonyl (C=O) groups excluding carboxylic acids is 1. The molecule has 2 aromatic carbocycles. The Balaban J connectivity index is 1.93. The topological polar surface area (TPSA) is 56.8 Å². The summed E-state index contributed by atoms with van der Waals surface area (Å²) in [5.41, 5.74) is 1.86. The van der Waals surface area contributed by atoms with Crippen molar-refractivity contribution < 1.29 is 19.0 Å². The van der Waals surface area contributed by atoms with Crippen LogP contribution in [0.4, 0.5) is 0 Å². The number of rotatable bonds is 8. The lowest BCUT2D eigenvalue weighted by Gasteiger charge is -2.17. The minimum atomic E-state index is -0.227. The van der Waals surface area contributed by atoms with Crippen LogP contribution in [0.1, 0.15) is 17.2 Å². The highest BCUT2D eigenvalue weighted by molar-refractivity contribution is 5.78. The third-order valence-electron chi connectivity index (χ3n) is 3.73. The quantitative estimate of drug-likeness (QED) is 0.809. The number of hydrogen-bond donors (Lipinski definition) is 1. The van der Waals surface area contributed by atoms with Gasteiger partial charge in [0.1, 0.15) is 11.5 Å². The number of methoxy groups -OCH3 is 3. The van der Waals surface area contributed by atoms with Crippen molar-refractivity contribution in [3.63, 3.8) is 0 Å². The predicted octanol–water partition coefficient (Wildman–Crippen LogP) is 2.75. The van der Waals surface area contributed by atoms with Crippen molar-refractivity contribution in [2.75, 3.05) is 27.9 Å². The van der Waals surface area contributed by atoms with Crippen molar-refractivity contribution in [3.05, 3.63) is 59.7 Å². The van der Waals surface area contributed by atoms with Crippen molar-refractivity contribution in [2.24, 2.45) is 0 Å². The van der Waals surface area contributed by atoms with E-state index in [0.29, 0.717) is 13.0 Å². The van der Waals surface area contributed by atoms with Crippen LogP contribution < -0.4 is 14.8 Å². The maximum atomic E-state index is 12.2. The first kappa shape index (κ1) is 17.8. The minimum Gasteiger partial charge on any atom is -0.497 e. The molecule has 0 aliphatic heterocycles. The van der Waals surface area contributed by atoms with Crippen LogP contribution in [-0.4, -0.2) is 33.8 Å². The summed E-state index contributed by atoms with van der Waals surface area (Å²) in [5.74, 6) is 1.44. The smallest absolute Gasteiger partial charge is 0.224 e. The van der Waals surface area contributed by atoms with E-state index in [4.69, 9.17) is 14.2 Å². The van der Waals surface area contributed by atoms with Gasteiger partial charge in [0.05, 0.1) is 26.7 Å². The Morgan fingerprint density at radius 2 is 1.67 bits per heavy atom. The Morgan fingerprint density at radius 1 is 1.00 bits per heavy atom. The summed E-state index contributed by atoms with van der Waals surface area (Å²) in [6.07, 6.45) is 0.0699. The lowest BCUT2D eigenvalue weighted by Crippen LogP contribution is -2.30. The highest BCUT2D eigenvalue weighted by Gasteiger charge is 2.13. The second-order valence-corrected chi connectivity index (χ2v) is 5.33. The molecule has 1 N–H and O–H groups in total. The van der Waals surface area contributed by atoms with E-state index in [1.165, 1.54) is 0 Å². The van der Waals surface area contributed by atoms with Crippen molar-refractivity contribution >= 4 is 5.91 Å². The normalized spacial score (nSPS) is 11.6. The summed E-state index contributed by atoms with van der Waals surface area (Å²) >= 11 is 0. The molecule has 24 heavy (non-hydrogen) atoms. The highest BCUT2D eigenvalue weighted by atomic mass is 16.5. The zero-order chi connectivity index (χ0) is 17.4.